The molecule has 0 heterocycles. The predicted octanol–water partition coefficient (Wildman–Crippen LogP) is 3.02. The third-order valence-electron chi connectivity index (χ3n) is 4.79. The Morgan fingerprint density at radius 2 is 1.83 bits per heavy atom. The molecule has 134 valence electrons. The van der Waals surface area contributed by atoms with Crippen molar-refractivity contribution >= 4 is 15.9 Å². The van der Waals surface area contributed by atoms with Gasteiger partial charge in [0.2, 0.25) is 10.0 Å². The Morgan fingerprint density at radius 1 is 1.21 bits per heavy atom. The van der Waals surface area contributed by atoms with Gasteiger partial charge in [-0.25, -0.2) is 8.42 Å². The van der Waals surface area contributed by atoms with Crippen LogP contribution in [0, 0.1) is 5.92 Å². The minimum Gasteiger partial charge on any atom is -0.349 e. The zero-order valence-electron chi connectivity index (χ0n) is 15.0. The topological polar surface area (TPSA) is 66.5 Å². The van der Waals surface area contributed by atoms with Crippen LogP contribution in [0.15, 0.2) is 29.2 Å². The molecule has 1 saturated carbocycles. The third-order valence-corrected chi connectivity index (χ3v) is 6.84. The van der Waals surface area contributed by atoms with Gasteiger partial charge in [-0.1, -0.05) is 19.8 Å². The fraction of sp³-hybridized carbons (Fsp3) is 0.611. The summed E-state index contributed by atoms with van der Waals surface area (Å²) in [5.41, 5.74) is 0.499. The van der Waals surface area contributed by atoms with Gasteiger partial charge in [-0.2, -0.15) is 4.31 Å². The van der Waals surface area contributed by atoms with E-state index in [-0.39, 0.29) is 22.9 Å². The molecule has 0 aromatic heterocycles. The average Bonchev–Trinajstić information content (AvgIpc) is 2.54. The molecule has 0 unspecified atom stereocenters. The van der Waals surface area contributed by atoms with E-state index in [1.165, 1.54) is 22.9 Å². The molecule has 0 radical (unpaired) electrons. The number of amides is 1. The van der Waals surface area contributed by atoms with Gasteiger partial charge in [-0.3, -0.25) is 4.79 Å². The van der Waals surface area contributed by atoms with Crippen LogP contribution in [0.5, 0.6) is 0 Å². The lowest BCUT2D eigenvalue weighted by Crippen LogP contribution is -2.38. The lowest BCUT2D eigenvalue weighted by Gasteiger charge is -2.27. The summed E-state index contributed by atoms with van der Waals surface area (Å²) >= 11 is 0. The van der Waals surface area contributed by atoms with Crippen molar-refractivity contribution in [2.45, 2.75) is 63.4 Å². The van der Waals surface area contributed by atoms with Gasteiger partial charge in [0.05, 0.1) is 4.90 Å². The van der Waals surface area contributed by atoms with Gasteiger partial charge in [0.25, 0.3) is 5.91 Å². The van der Waals surface area contributed by atoms with E-state index in [9.17, 15) is 13.2 Å². The number of sulfonamides is 1. The van der Waals surface area contributed by atoms with Crippen LogP contribution in [0.4, 0.5) is 0 Å². The lowest BCUT2D eigenvalue weighted by atomic mass is 9.87. The van der Waals surface area contributed by atoms with Gasteiger partial charge in [0.1, 0.15) is 0 Å². The summed E-state index contributed by atoms with van der Waals surface area (Å²) in [4.78, 5) is 12.6. The minimum absolute atomic E-state index is 0.119. The largest absolute Gasteiger partial charge is 0.349 e. The molecule has 24 heavy (non-hydrogen) atoms. The summed E-state index contributed by atoms with van der Waals surface area (Å²) in [6, 6.07) is 6.29. The molecule has 1 N–H and O–H groups in total. The van der Waals surface area contributed by atoms with Crippen LogP contribution in [0.3, 0.4) is 0 Å². The van der Waals surface area contributed by atoms with Crippen LogP contribution in [-0.4, -0.2) is 37.8 Å². The van der Waals surface area contributed by atoms with E-state index in [0.717, 1.165) is 19.3 Å². The average molecular weight is 353 g/mol. The normalized spacial score (nSPS) is 21.9. The molecule has 0 aliphatic heterocycles. The smallest absolute Gasteiger partial charge is 0.251 e. The maximum absolute atomic E-state index is 12.4. The summed E-state index contributed by atoms with van der Waals surface area (Å²) in [5.74, 6) is 0.512. The minimum atomic E-state index is -3.51. The van der Waals surface area contributed by atoms with E-state index in [1.807, 2.05) is 13.8 Å². The molecule has 5 nitrogen and oxygen atoms in total. The molecule has 1 aromatic carbocycles. The number of nitrogens with zero attached hydrogens (tertiary/aromatic N) is 1. The van der Waals surface area contributed by atoms with Crippen LogP contribution >= 0.6 is 0 Å². The van der Waals surface area contributed by atoms with Crippen LogP contribution in [0.25, 0.3) is 0 Å². The Morgan fingerprint density at radius 3 is 2.38 bits per heavy atom. The Hall–Kier alpha value is -1.40. The summed E-state index contributed by atoms with van der Waals surface area (Å²) < 4.78 is 26.2. The number of carbonyl (C=O) groups is 1. The highest BCUT2D eigenvalue weighted by Crippen LogP contribution is 2.24. The maximum atomic E-state index is 12.4. The van der Waals surface area contributed by atoms with Gasteiger partial charge in [0.15, 0.2) is 0 Å². The van der Waals surface area contributed by atoms with Crippen LogP contribution < -0.4 is 5.32 Å². The Labute approximate surface area is 145 Å². The van der Waals surface area contributed by atoms with E-state index < -0.39 is 10.0 Å². The molecule has 6 heteroatoms. The standard InChI is InChI=1S/C18H28N2O3S/c1-13(2)20(4)24(22,23)17-10-8-15(9-11-17)18(21)19-16-7-5-6-14(3)12-16/h8-11,13-14,16H,5-7,12H2,1-4H3,(H,19,21)/t14-,16+/m0/s1. The SMILES string of the molecule is CC(C)N(C)S(=O)(=O)c1ccc(C(=O)N[C@@H]2CCC[C@H](C)C2)cc1. The summed E-state index contributed by atoms with van der Waals surface area (Å²) in [6.45, 7) is 5.86. The Balaban J connectivity index is 2.07. The highest BCUT2D eigenvalue weighted by atomic mass is 32.2. The predicted molar refractivity (Wildman–Crippen MR) is 95.4 cm³/mol. The molecule has 0 spiro atoms. The number of benzene rings is 1. The first-order valence-corrected chi connectivity index (χ1v) is 10.0. The molecule has 1 aromatic rings. The molecule has 2 atom stereocenters. The van der Waals surface area contributed by atoms with Gasteiger partial charge in [-0.05, 0) is 56.9 Å². The van der Waals surface area contributed by atoms with Crippen molar-refractivity contribution in [1.29, 1.82) is 0 Å². The van der Waals surface area contributed by atoms with E-state index in [2.05, 4.69) is 12.2 Å². The number of hydrogen-bond donors (Lipinski definition) is 1. The zero-order chi connectivity index (χ0) is 17.9. The summed E-state index contributed by atoms with van der Waals surface area (Å²) in [7, 11) is -1.95. The number of rotatable bonds is 5. The lowest BCUT2D eigenvalue weighted by molar-refractivity contribution is 0.0921. The molecule has 0 saturated heterocycles. The first kappa shape index (κ1) is 18.9. The van der Waals surface area contributed by atoms with Crippen molar-refractivity contribution in [3.8, 4) is 0 Å². The first-order chi connectivity index (χ1) is 11.2. The Bertz CT molecular complexity index is 668. The maximum Gasteiger partial charge on any atom is 0.251 e. The molecule has 2 rings (SSSR count). The summed E-state index contributed by atoms with van der Waals surface area (Å²) in [5, 5.41) is 3.07. The van der Waals surface area contributed by atoms with Gasteiger partial charge in [-0.15, -0.1) is 0 Å². The van der Waals surface area contributed by atoms with Gasteiger partial charge >= 0.3 is 0 Å². The Kier molecular flexibility index (Phi) is 6.04. The van der Waals surface area contributed by atoms with Gasteiger partial charge in [0, 0.05) is 24.7 Å². The second-order valence-corrected chi connectivity index (χ2v) is 9.08. The zero-order valence-corrected chi connectivity index (χ0v) is 15.8. The van der Waals surface area contributed by atoms with Crippen molar-refractivity contribution in [3.05, 3.63) is 29.8 Å². The van der Waals surface area contributed by atoms with E-state index in [4.69, 9.17) is 0 Å². The molecular formula is C18H28N2O3S. The van der Waals surface area contributed by atoms with Crippen molar-refractivity contribution in [1.82, 2.24) is 9.62 Å². The molecule has 1 aliphatic rings. The quantitative estimate of drug-likeness (QED) is 0.886. The monoisotopic (exact) mass is 352 g/mol. The molecule has 1 amide bonds. The fourth-order valence-corrected chi connectivity index (χ4v) is 4.42. The fourth-order valence-electron chi connectivity index (χ4n) is 3.06. The van der Waals surface area contributed by atoms with E-state index in [0.29, 0.717) is 11.5 Å². The van der Waals surface area contributed by atoms with Crippen molar-refractivity contribution in [2.75, 3.05) is 7.05 Å². The highest BCUT2D eigenvalue weighted by molar-refractivity contribution is 7.89. The highest BCUT2D eigenvalue weighted by Gasteiger charge is 2.24. The van der Waals surface area contributed by atoms with Crippen LogP contribution in [0.1, 0.15) is 56.8 Å². The van der Waals surface area contributed by atoms with E-state index >= 15 is 0 Å². The second-order valence-electron chi connectivity index (χ2n) is 7.08. The van der Waals surface area contributed by atoms with Crippen LogP contribution in [0.2, 0.25) is 0 Å². The first-order valence-electron chi connectivity index (χ1n) is 8.60. The molecule has 1 fully saturated rings. The van der Waals surface area contributed by atoms with Crippen LogP contribution in [-0.2, 0) is 10.0 Å². The molecular weight excluding hydrogens is 324 g/mol. The molecule has 0 bridgehead atoms. The van der Waals surface area contributed by atoms with Gasteiger partial charge < -0.3 is 5.32 Å². The third kappa shape index (κ3) is 4.36. The van der Waals surface area contributed by atoms with Crippen molar-refractivity contribution in [3.63, 3.8) is 0 Å². The number of nitrogens with one attached hydrogen (secondary N) is 1. The van der Waals surface area contributed by atoms with Crippen molar-refractivity contribution in [2.24, 2.45) is 5.92 Å². The second kappa shape index (κ2) is 7.66. The van der Waals surface area contributed by atoms with Crippen molar-refractivity contribution < 1.29 is 13.2 Å². The number of carbonyl (C=O) groups excluding carboxylic acids is 1. The molecule has 1 aliphatic carbocycles. The summed E-state index contributed by atoms with van der Waals surface area (Å²) in [6.07, 6.45) is 4.40. The number of hydrogen-bond acceptors (Lipinski definition) is 3. The van der Waals surface area contributed by atoms with E-state index in [1.54, 1.807) is 19.2 Å².